The summed E-state index contributed by atoms with van der Waals surface area (Å²) in [6.45, 7) is 2.91. The Morgan fingerprint density at radius 2 is 2.00 bits per heavy atom. The standard InChI is InChI=1S/C13H16ClFN2O2/c1-16-4-6-17(7-5-16)12(13(18)19)9-2-3-10(14)11(15)8-9/h2-3,8,12H,4-7H2,1H3,(H,18,19). The number of benzene rings is 1. The van der Waals surface area contributed by atoms with Gasteiger partial charge in [-0.15, -0.1) is 0 Å². The number of halogens is 2. The van der Waals surface area contributed by atoms with Crippen LogP contribution < -0.4 is 0 Å². The minimum absolute atomic E-state index is 0.00580. The number of likely N-dealkylation sites (N-methyl/N-ethyl adjacent to an activating group) is 1. The van der Waals surface area contributed by atoms with Gasteiger partial charge in [-0.25, -0.2) is 4.39 Å². The summed E-state index contributed by atoms with van der Waals surface area (Å²) >= 11 is 5.63. The van der Waals surface area contributed by atoms with E-state index in [-0.39, 0.29) is 5.02 Å². The molecule has 1 N–H and O–H groups in total. The van der Waals surface area contributed by atoms with Crippen molar-refractivity contribution in [1.82, 2.24) is 9.80 Å². The minimum Gasteiger partial charge on any atom is -0.480 e. The fraction of sp³-hybridized carbons (Fsp3) is 0.462. The minimum atomic E-state index is -0.966. The average Bonchev–Trinajstić information content (AvgIpc) is 2.36. The van der Waals surface area contributed by atoms with E-state index in [0.29, 0.717) is 18.7 Å². The van der Waals surface area contributed by atoms with E-state index < -0.39 is 17.8 Å². The topological polar surface area (TPSA) is 43.8 Å². The van der Waals surface area contributed by atoms with Crippen LogP contribution in [0.25, 0.3) is 0 Å². The van der Waals surface area contributed by atoms with Crippen molar-refractivity contribution in [3.8, 4) is 0 Å². The molecule has 1 saturated heterocycles. The maximum Gasteiger partial charge on any atom is 0.325 e. The van der Waals surface area contributed by atoms with E-state index >= 15 is 0 Å². The summed E-state index contributed by atoms with van der Waals surface area (Å²) in [5.74, 6) is -1.55. The summed E-state index contributed by atoms with van der Waals surface area (Å²) in [6, 6.07) is 3.36. The lowest BCUT2D eigenvalue weighted by atomic mass is 10.0. The van der Waals surface area contributed by atoms with Crippen LogP contribution in [0.2, 0.25) is 5.02 Å². The van der Waals surface area contributed by atoms with Gasteiger partial charge < -0.3 is 10.0 Å². The summed E-state index contributed by atoms with van der Waals surface area (Å²) in [6.07, 6.45) is 0. The second-order valence-corrected chi connectivity index (χ2v) is 5.16. The number of carbonyl (C=O) groups is 1. The molecule has 1 atom stereocenters. The highest BCUT2D eigenvalue weighted by Crippen LogP contribution is 2.25. The van der Waals surface area contributed by atoms with Crippen molar-refractivity contribution < 1.29 is 14.3 Å². The van der Waals surface area contributed by atoms with Crippen LogP contribution in [0.5, 0.6) is 0 Å². The highest BCUT2D eigenvalue weighted by molar-refractivity contribution is 6.30. The third-order valence-electron chi connectivity index (χ3n) is 3.40. The number of piperazine rings is 1. The first-order valence-electron chi connectivity index (χ1n) is 6.09. The van der Waals surface area contributed by atoms with Crippen LogP contribution >= 0.6 is 11.6 Å². The van der Waals surface area contributed by atoms with Crippen molar-refractivity contribution >= 4 is 17.6 Å². The molecule has 1 unspecified atom stereocenters. The number of rotatable bonds is 3. The van der Waals surface area contributed by atoms with Crippen molar-refractivity contribution in [2.24, 2.45) is 0 Å². The fourth-order valence-corrected chi connectivity index (χ4v) is 2.39. The van der Waals surface area contributed by atoms with Crippen molar-refractivity contribution in [2.75, 3.05) is 33.2 Å². The molecule has 1 aromatic rings. The second kappa shape index (κ2) is 5.86. The lowest BCUT2D eigenvalue weighted by Gasteiger charge is -2.36. The quantitative estimate of drug-likeness (QED) is 0.921. The molecule has 0 saturated carbocycles. The highest BCUT2D eigenvalue weighted by Gasteiger charge is 2.29. The van der Waals surface area contributed by atoms with Crippen molar-refractivity contribution in [2.45, 2.75) is 6.04 Å². The Morgan fingerprint density at radius 3 is 2.53 bits per heavy atom. The average molecular weight is 287 g/mol. The van der Waals surface area contributed by atoms with E-state index in [2.05, 4.69) is 4.90 Å². The summed E-state index contributed by atoms with van der Waals surface area (Å²) < 4.78 is 13.5. The fourth-order valence-electron chi connectivity index (χ4n) is 2.27. The molecule has 1 fully saturated rings. The van der Waals surface area contributed by atoms with Gasteiger partial charge in [0, 0.05) is 26.2 Å². The van der Waals surface area contributed by atoms with Crippen LogP contribution in [0.4, 0.5) is 4.39 Å². The maximum absolute atomic E-state index is 13.5. The Bertz CT molecular complexity index is 476. The summed E-state index contributed by atoms with van der Waals surface area (Å²) in [4.78, 5) is 15.5. The van der Waals surface area contributed by atoms with Crippen molar-refractivity contribution in [3.05, 3.63) is 34.6 Å². The zero-order valence-electron chi connectivity index (χ0n) is 10.6. The molecular formula is C13H16ClFN2O2. The zero-order chi connectivity index (χ0) is 14.0. The van der Waals surface area contributed by atoms with Crippen molar-refractivity contribution in [1.29, 1.82) is 0 Å². The molecule has 4 nitrogen and oxygen atoms in total. The zero-order valence-corrected chi connectivity index (χ0v) is 11.4. The Morgan fingerprint density at radius 1 is 1.37 bits per heavy atom. The summed E-state index contributed by atoms with van der Waals surface area (Å²) in [5, 5.41) is 9.40. The number of nitrogens with zero attached hydrogens (tertiary/aromatic N) is 2. The lowest BCUT2D eigenvalue weighted by molar-refractivity contribution is -0.144. The molecule has 19 heavy (non-hydrogen) atoms. The third-order valence-corrected chi connectivity index (χ3v) is 3.70. The van der Waals surface area contributed by atoms with E-state index in [1.807, 2.05) is 11.9 Å². The molecule has 0 bridgehead atoms. The van der Waals surface area contributed by atoms with Gasteiger partial charge in [-0.3, -0.25) is 9.69 Å². The van der Waals surface area contributed by atoms with Gasteiger partial charge in [0.05, 0.1) is 5.02 Å². The van der Waals surface area contributed by atoms with E-state index in [1.54, 1.807) is 6.07 Å². The predicted molar refractivity (Wildman–Crippen MR) is 70.9 cm³/mol. The van der Waals surface area contributed by atoms with Gasteiger partial charge in [-0.2, -0.15) is 0 Å². The number of aliphatic carboxylic acids is 1. The van der Waals surface area contributed by atoms with Gasteiger partial charge in [-0.1, -0.05) is 17.7 Å². The van der Waals surface area contributed by atoms with Crippen LogP contribution in [-0.4, -0.2) is 54.1 Å². The molecule has 2 rings (SSSR count). The van der Waals surface area contributed by atoms with E-state index in [4.69, 9.17) is 11.6 Å². The van der Waals surface area contributed by atoms with Gasteiger partial charge in [0.25, 0.3) is 0 Å². The molecule has 1 aliphatic rings. The molecule has 0 aliphatic carbocycles. The Hall–Kier alpha value is -1.17. The van der Waals surface area contributed by atoms with Crippen LogP contribution in [0.1, 0.15) is 11.6 Å². The third kappa shape index (κ3) is 3.23. The highest BCUT2D eigenvalue weighted by atomic mass is 35.5. The first-order valence-corrected chi connectivity index (χ1v) is 6.47. The molecule has 6 heteroatoms. The normalized spacial score (nSPS) is 19.3. The van der Waals surface area contributed by atoms with Crippen LogP contribution in [0, 0.1) is 5.82 Å². The number of hydrogen-bond acceptors (Lipinski definition) is 3. The van der Waals surface area contributed by atoms with Gasteiger partial charge in [0.15, 0.2) is 0 Å². The SMILES string of the molecule is CN1CCN(C(C(=O)O)c2ccc(Cl)c(F)c2)CC1. The molecule has 1 heterocycles. The van der Waals surface area contributed by atoms with E-state index in [0.717, 1.165) is 13.1 Å². The molecule has 0 amide bonds. The predicted octanol–water partition coefficient (Wildman–Crippen LogP) is 1.85. The Balaban J connectivity index is 2.24. The molecule has 1 aromatic carbocycles. The molecule has 0 radical (unpaired) electrons. The number of hydrogen-bond donors (Lipinski definition) is 1. The monoisotopic (exact) mass is 286 g/mol. The first kappa shape index (κ1) is 14.2. The van der Waals surface area contributed by atoms with E-state index in [1.165, 1.54) is 12.1 Å². The smallest absolute Gasteiger partial charge is 0.325 e. The lowest BCUT2D eigenvalue weighted by Crippen LogP contribution is -2.47. The molecule has 0 spiro atoms. The molecule has 104 valence electrons. The maximum atomic E-state index is 13.5. The van der Waals surface area contributed by atoms with Gasteiger partial charge in [0.2, 0.25) is 0 Å². The van der Waals surface area contributed by atoms with E-state index in [9.17, 15) is 14.3 Å². The molecule has 1 aliphatic heterocycles. The largest absolute Gasteiger partial charge is 0.480 e. The summed E-state index contributed by atoms with van der Waals surface area (Å²) in [5.41, 5.74) is 0.430. The van der Waals surface area contributed by atoms with Crippen LogP contribution in [-0.2, 0) is 4.79 Å². The number of carboxylic acids is 1. The van der Waals surface area contributed by atoms with Crippen LogP contribution in [0.3, 0.4) is 0 Å². The van der Waals surface area contributed by atoms with Gasteiger partial charge >= 0.3 is 5.97 Å². The molecular weight excluding hydrogens is 271 g/mol. The molecule has 0 aromatic heterocycles. The van der Waals surface area contributed by atoms with Crippen molar-refractivity contribution in [3.63, 3.8) is 0 Å². The number of carboxylic acid groups (broad SMARTS) is 1. The Labute approximate surface area is 116 Å². The van der Waals surface area contributed by atoms with Crippen LogP contribution in [0.15, 0.2) is 18.2 Å². The second-order valence-electron chi connectivity index (χ2n) is 4.75. The summed E-state index contributed by atoms with van der Waals surface area (Å²) in [7, 11) is 2.00. The Kier molecular flexibility index (Phi) is 4.39. The van der Waals surface area contributed by atoms with Gasteiger partial charge in [-0.05, 0) is 24.7 Å². The van der Waals surface area contributed by atoms with Gasteiger partial charge in [0.1, 0.15) is 11.9 Å². The first-order chi connectivity index (χ1) is 8.99.